The van der Waals surface area contributed by atoms with Gasteiger partial charge in [-0.25, -0.2) is 19.4 Å². The first-order valence-corrected chi connectivity index (χ1v) is 4.25. The number of aliphatic carboxylic acids is 1. The number of carboxylic acid groups (broad SMARTS) is 1. The number of ketones is 1. The van der Waals surface area contributed by atoms with Crippen molar-refractivity contribution >= 4 is 23.7 Å². The summed E-state index contributed by atoms with van der Waals surface area (Å²) in [5.41, 5.74) is 5.21. The molecular weight excluding hydrogens is 222 g/mol. The molecule has 1 atom stereocenters. The molecule has 0 aliphatic heterocycles. The van der Waals surface area contributed by atoms with Crippen molar-refractivity contribution < 1.29 is 34.1 Å². The van der Waals surface area contributed by atoms with Gasteiger partial charge in [0.05, 0.1) is 0 Å². The van der Waals surface area contributed by atoms with Crippen molar-refractivity contribution in [1.82, 2.24) is 0 Å². The molecule has 0 aromatic rings. The minimum atomic E-state index is -1.33. The smallest absolute Gasteiger partial charge is 0.421 e. The molecule has 0 aliphatic carbocycles. The third kappa shape index (κ3) is 5.70. The van der Waals surface area contributed by atoms with Crippen LogP contribution in [0.25, 0.3) is 0 Å². The average molecular weight is 233 g/mol. The van der Waals surface area contributed by atoms with Crippen LogP contribution in [0.3, 0.4) is 0 Å². The molecule has 0 rings (SSSR count). The fraction of sp³-hybridized carbons (Fsp3) is 0.500. The van der Waals surface area contributed by atoms with Crippen LogP contribution in [0.5, 0.6) is 0 Å². The third-order valence-corrected chi connectivity index (χ3v) is 1.46. The van der Waals surface area contributed by atoms with Gasteiger partial charge in [0.2, 0.25) is 5.78 Å². The minimum Gasteiger partial charge on any atom is -0.481 e. The van der Waals surface area contributed by atoms with Crippen molar-refractivity contribution in [3.8, 4) is 0 Å². The number of rotatable bonds is 5. The van der Waals surface area contributed by atoms with Crippen LogP contribution in [0, 0.1) is 0 Å². The summed E-state index contributed by atoms with van der Waals surface area (Å²) in [7, 11) is 0. The highest BCUT2D eigenvalue weighted by Crippen LogP contribution is 1.98. The maximum absolute atomic E-state index is 11.0. The summed E-state index contributed by atoms with van der Waals surface area (Å²) >= 11 is 0. The fourth-order valence-electron chi connectivity index (χ4n) is 0.596. The first-order valence-electron chi connectivity index (χ1n) is 4.25. The highest BCUT2D eigenvalue weighted by atomic mass is 17.2. The monoisotopic (exact) mass is 233 g/mol. The molecule has 8 heteroatoms. The maximum Gasteiger partial charge on any atom is 0.421 e. The van der Waals surface area contributed by atoms with Crippen molar-refractivity contribution in [3.63, 3.8) is 0 Å². The van der Waals surface area contributed by atoms with E-state index in [9.17, 15) is 19.2 Å². The topological polar surface area (TPSA) is 133 Å². The minimum absolute atomic E-state index is 0.161. The molecule has 0 aromatic heterocycles. The van der Waals surface area contributed by atoms with E-state index in [1.165, 1.54) is 0 Å². The molecule has 0 radical (unpaired) electrons. The van der Waals surface area contributed by atoms with Gasteiger partial charge in [-0.15, -0.1) is 0 Å². The predicted molar refractivity (Wildman–Crippen MR) is 47.7 cm³/mol. The molecule has 0 spiro atoms. The van der Waals surface area contributed by atoms with Gasteiger partial charge in [0.15, 0.2) is 0 Å². The van der Waals surface area contributed by atoms with Crippen LogP contribution in [-0.2, 0) is 29.0 Å². The van der Waals surface area contributed by atoms with E-state index in [1.807, 2.05) is 0 Å². The SMILES string of the molecule is CC(=O)C(=O)OOC(=O)[C@H](N)CCC(=O)O. The summed E-state index contributed by atoms with van der Waals surface area (Å²) in [5, 5.41) is 8.30. The molecule has 0 amide bonds. The summed E-state index contributed by atoms with van der Waals surface area (Å²) in [6.07, 6.45) is -0.483. The molecule has 0 saturated carbocycles. The second-order valence-electron chi connectivity index (χ2n) is 2.87. The van der Waals surface area contributed by atoms with Crippen molar-refractivity contribution in [1.29, 1.82) is 0 Å². The fourth-order valence-corrected chi connectivity index (χ4v) is 0.596. The van der Waals surface area contributed by atoms with Gasteiger partial charge in [-0.1, -0.05) is 0 Å². The summed E-state index contributed by atoms with van der Waals surface area (Å²) in [5.74, 6) is -4.51. The Balaban J connectivity index is 3.92. The standard InChI is InChI=1S/C8H11NO7/c1-4(10)7(13)15-16-8(14)5(9)2-3-6(11)12/h5H,2-3,9H2,1H3,(H,11,12)/t5-/m1/s1. The second-order valence-corrected chi connectivity index (χ2v) is 2.87. The zero-order chi connectivity index (χ0) is 12.7. The molecule has 0 fully saturated rings. The molecule has 0 bridgehead atoms. The first-order chi connectivity index (χ1) is 7.34. The van der Waals surface area contributed by atoms with Crippen LogP contribution in [0.2, 0.25) is 0 Å². The molecule has 0 aliphatic rings. The number of hydrogen-bond donors (Lipinski definition) is 2. The Morgan fingerprint density at radius 2 is 1.81 bits per heavy atom. The lowest BCUT2D eigenvalue weighted by Gasteiger charge is -2.07. The molecule has 0 unspecified atom stereocenters. The summed E-state index contributed by atoms with van der Waals surface area (Å²) in [4.78, 5) is 49.8. The van der Waals surface area contributed by atoms with Crippen LogP contribution in [0.1, 0.15) is 19.8 Å². The average Bonchev–Trinajstić information content (AvgIpc) is 2.21. The largest absolute Gasteiger partial charge is 0.481 e. The lowest BCUT2D eigenvalue weighted by Crippen LogP contribution is -2.34. The molecule has 0 heterocycles. The van der Waals surface area contributed by atoms with E-state index in [0.29, 0.717) is 0 Å². The third-order valence-electron chi connectivity index (χ3n) is 1.46. The molecule has 8 nitrogen and oxygen atoms in total. The van der Waals surface area contributed by atoms with Crippen LogP contribution in [0.15, 0.2) is 0 Å². The van der Waals surface area contributed by atoms with Gasteiger partial charge in [-0.2, -0.15) is 0 Å². The summed E-state index contributed by atoms with van der Waals surface area (Å²) in [6, 6.07) is -1.23. The molecular formula is C8H11NO7. The maximum atomic E-state index is 11.0. The van der Waals surface area contributed by atoms with Crippen molar-refractivity contribution in [2.24, 2.45) is 5.73 Å². The Labute approximate surface area is 90.2 Å². The van der Waals surface area contributed by atoms with Gasteiger partial charge < -0.3 is 10.8 Å². The van der Waals surface area contributed by atoms with Crippen molar-refractivity contribution in [2.45, 2.75) is 25.8 Å². The van der Waals surface area contributed by atoms with Gasteiger partial charge in [-0.05, 0) is 6.42 Å². The number of carboxylic acids is 1. The van der Waals surface area contributed by atoms with E-state index in [4.69, 9.17) is 10.8 Å². The lowest BCUT2D eigenvalue weighted by atomic mass is 10.2. The van der Waals surface area contributed by atoms with Crippen molar-refractivity contribution in [3.05, 3.63) is 0 Å². The van der Waals surface area contributed by atoms with Crippen LogP contribution in [0.4, 0.5) is 0 Å². The Bertz CT molecular complexity index is 312. The van der Waals surface area contributed by atoms with E-state index in [-0.39, 0.29) is 12.8 Å². The molecule has 0 saturated heterocycles. The predicted octanol–water partition coefficient (Wildman–Crippen LogP) is -1.23. The van der Waals surface area contributed by atoms with E-state index >= 15 is 0 Å². The van der Waals surface area contributed by atoms with E-state index in [2.05, 4.69) is 9.78 Å². The normalized spacial score (nSPS) is 11.4. The molecule has 3 N–H and O–H groups in total. The number of hydrogen-bond acceptors (Lipinski definition) is 7. The highest BCUT2D eigenvalue weighted by Gasteiger charge is 2.20. The van der Waals surface area contributed by atoms with Gasteiger partial charge >= 0.3 is 17.9 Å². The quantitative estimate of drug-likeness (QED) is 0.342. The summed E-state index contributed by atoms with van der Waals surface area (Å²) < 4.78 is 0. The Morgan fingerprint density at radius 1 is 1.25 bits per heavy atom. The second kappa shape index (κ2) is 6.51. The van der Waals surface area contributed by atoms with Crippen LogP contribution >= 0.6 is 0 Å². The molecule has 90 valence electrons. The first kappa shape index (κ1) is 14.0. The van der Waals surface area contributed by atoms with E-state index < -0.39 is 29.7 Å². The van der Waals surface area contributed by atoms with Gasteiger partial charge in [0, 0.05) is 13.3 Å². The van der Waals surface area contributed by atoms with Crippen molar-refractivity contribution in [2.75, 3.05) is 0 Å². The number of Topliss-reactive ketones (excluding diaryl/α,β-unsaturated/α-hetero) is 1. The molecule has 0 aromatic carbocycles. The Morgan fingerprint density at radius 3 is 2.25 bits per heavy atom. The van der Waals surface area contributed by atoms with Gasteiger partial charge in [0.1, 0.15) is 6.04 Å². The Kier molecular flexibility index (Phi) is 5.71. The van der Waals surface area contributed by atoms with Gasteiger partial charge in [-0.3, -0.25) is 9.59 Å². The molecule has 16 heavy (non-hydrogen) atoms. The van der Waals surface area contributed by atoms with E-state index in [0.717, 1.165) is 6.92 Å². The zero-order valence-electron chi connectivity index (χ0n) is 8.47. The van der Waals surface area contributed by atoms with Crippen LogP contribution < -0.4 is 5.73 Å². The number of carbonyl (C=O) groups excluding carboxylic acids is 3. The van der Waals surface area contributed by atoms with Gasteiger partial charge in [0.25, 0.3) is 0 Å². The van der Waals surface area contributed by atoms with Crippen LogP contribution in [-0.4, -0.2) is 34.8 Å². The highest BCUT2D eigenvalue weighted by molar-refractivity contribution is 6.32. The lowest BCUT2D eigenvalue weighted by molar-refractivity contribution is -0.257. The number of carbonyl (C=O) groups is 4. The zero-order valence-corrected chi connectivity index (χ0v) is 8.47. The summed E-state index contributed by atoms with van der Waals surface area (Å²) in [6.45, 7) is 0.931. The van der Waals surface area contributed by atoms with E-state index in [1.54, 1.807) is 0 Å². The number of nitrogens with two attached hydrogens (primary N) is 1. The Hall–Kier alpha value is -1.96.